The van der Waals surface area contributed by atoms with Crippen LogP contribution >= 0.6 is 0 Å². The van der Waals surface area contributed by atoms with Crippen LogP contribution in [0.15, 0.2) is 152 Å². The number of rotatable bonds is 53. The molecule has 0 saturated heterocycles. The van der Waals surface area contributed by atoms with E-state index in [1.165, 1.54) is 0 Å². The predicted molar refractivity (Wildman–Crippen MR) is 406 cm³/mol. The lowest BCUT2D eigenvalue weighted by atomic mass is 10.1. The van der Waals surface area contributed by atoms with Gasteiger partial charge in [0.25, 0.3) is 0 Å². The third-order valence-corrected chi connectivity index (χ3v) is 25.7. The number of nitrogens with two attached hydrogens (primary N) is 7. The third kappa shape index (κ3) is 32.8. The zero-order chi connectivity index (χ0) is 77.1. The van der Waals surface area contributed by atoms with E-state index in [-0.39, 0.29) is 51.9 Å². The minimum Gasteiger partial charge on any atom is -0.369 e. The third-order valence-electron chi connectivity index (χ3n) is 16.7. The van der Waals surface area contributed by atoms with Gasteiger partial charge in [-0.1, -0.05) is 165 Å². The van der Waals surface area contributed by atoms with Gasteiger partial charge in [0.05, 0.1) is 61.5 Å². The molecule has 0 aliphatic carbocycles. The summed E-state index contributed by atoms with van der Waals surface area (Å²) in [6.07, 6.45) is 2.39. The van der Waals surface area contributed by atoms with Gasteiger partial charge < -0.3 is 61.4 Å². The summed E-state index contributed by atoms with van der Waals surface area (Å²) >= 11 is 0. The van der Waals surface area contributed by atoms with E-state index in [1.807, 2.05) is 0 Å². The van der Waals surface area contributed by atoms with E-state index >= 15 is 0 Å². The standard InChI is InChI=1S/C69H106N16O15S5/c70-32-18-16-30-60(75)43-81(101(91,92)37-34-72)49-67(88)79-63(41-56-22-8-2-9-23-56)47-85(105(99,100)54-59-28-14-5-15-29-59)52-69(90)78-62(40-55-20-6-1-7-21-55)45-83(103(95,96)39-36-74)50-68(89)80-64(42-57-24-10-3-11-25-57)46-84(104(97,98)53-58-26-12-4-13-27-58)51-66(87)77-61(31-17-19-33-71)44-82(48-65(76)86)102(93,94)38-35-73/h1-15,20-29,60-64H,16-19,30-54,70-75H2,(H2,76,86)(H,77,87)(H,78,90)(H,79,88)(H,80,89)/t60-,61-,62-,63-,64-/m0/s1. The minimum atomic E-state index is -4.55. The van der Waals surface area contributed by atoms with Gasteiger partial charge in [0.1, 0.15) is 0 Å². The van der Waals surface area contributed by atoms with Gasteiger partial charge in [0, 0.05) is 82.6 Å². The first-order valence-electron chi connectivity index (χ1n) is 34.7. The summed E-state index contributed by atoms with van der Waals surface area (Å²) in [5.41, 5.74) is 43.0. The van der Waals surface area contributed by atoms with Gasteiger partial charge in [-0.25, -0.2) is 42.1 Å². The van der Waals surface area contributed by atoms with Crippen LogP contribution < -0.4 is 61.4 Å². The number of unbranched alkanes of at least 4 members (excludes halogenated alkanes) is 2. The molecular formula is C69H106N16O15S5. The van der Waals surface area contributed by atoms with Crippen LogP contribution in [-0.2, 0) is 105 Å². The highest BCUT2D eigenvalue weighted by atomic mass is 32.2. The number of nitrogens with one attached hydrogen (secondary N) is 4. The molecule has 31 nitrogen and oxygen atoms in total. The Kier molecular flexibility index (Phi) is 37.7. The number of sulfonamides is 5. The Morgan fingerprint density at radius 3 is 0.867 bits per heavy atom. The lowest BCUT2D eigenvalue weighted by molar-refractivity contribution is -0.123. The van der Waals surface area contributed by atoms with E-state index in [1.54, 1.807) is 152 Å². The molecule has 0 spiro atoms. The highest BCUT2D eigenvalue weighted by Gasteiger charge is 2.36. The Morgan fingerprint density at radius 1 is 0.314 bits per heavy atom. The van der Waals surface area contributed by atoms with Crippen LogP contribution in [-0.4, -0.2) is 239 Å². The largest absolute Gasteiger partial charge is 0.369 e. The summed E-state index contributed by atoms with van der Waals surface area (Å²) in [6, 6.07) is 36.6. The average molecular weight is 1560 g/mol. The average Bonchev–Trinajstić information content (AvgIpc) is 0.836. The Bertz CT molecular complexity index is 4060. The minimum absolute atomic E-state index is 0.0161. The van der Waals surface area contributed by atoms with E-state index < -0.39 is 204 Å². The summed E-state index contributed by atoms with van der Waals surface area (Å²) < 4.78 is 147. The molecule has 0 aromatic heterocycles. The molecule has 0 saturated carbocycles. The number of carbonyl (C=O) groups excluding carboxylic acids is 5. The fraction of sp³-hybridized carbons (Fsp3) is 0.493. The van der Waals surface area contributed by atoms with Gasteiger partial charge in [-0.3, -0.25) is 24.0 Å². The second-order valence-corrected chi connectivity index (χ2v) is 35.9. The van der Waals surface area contributed by atoms with Gasteiger partial charge in [0.15, 0.2) is 0 Å². The van der Waals surface area contributed by atoms with Crippen LogP contribution in [0.5, 0.6) is 0 Å². The zero-order valence-electron chi connectivity index (χ0n) is 59.3. The lowest BCUT2D eigenvalue weighted by Gasteiger charge is -2.31. The fourth-order valence-electron chi connectivity index (χ4n) is 11.7. The summed E-state index contributed by atoms with van der Waals surface area (Å²) in [7, 11) is -22.0. The van der Waals surface area contributed by atoms with Crippen molar-refractivity contribution in [2.24, 2.45) is 40.1 Å². The van der Waals surface area contributed by atoms with Crippen molar-refractivity contribution in [2.45, 2.75) is 99.5 Å². The number of nitrogens with zero attached hydrogens (tertiary/aromatic N) is 5. The lowest BCUT2D eigenvalue weighted by Crippen LogP contribution is -2.55. The van der Waals surface area contributed by atoms with Crippen LogP contribution in [0.25, 0.3) is 0 Å². The van der Waals surface area contributed by atoms with E-state index in [0.29, 0.717) is 66.5 Å². The Hall–Kier alpha value is -7.24. The fourth-order valence-corrected chi connectivity index (χ4v) is 18.6. The monoisotopic (exact) mass is 1560 g/mol. The van der Waals surface area contributed by atoms with Crippen molar-refractivity contribution in [1.29, 1.82) is 0 Å². The zero-order valence-corrected chi connectivity index (χ0v) is 63.4. The van der Waals surface area contributed by atoms with Gasteiger partial charge in [-0.15, -0.1) is 0 Å². The summed E-state index contributed by atoms with van der Waals surface area (Å²) in [4.78, 5) is 70.8. The second-order valence-electron chi connectivity index (χ2n) is 25.7. The van der Waals surface area contributed by atoms with Crippen molar-refractivity contribution in [2.75, 3.05) is 115 Å². The van der Waals surface area contributed by atoms with E-state index in [4.69, 9.17) is 40.1 Å². The Labute approximate surface area is 619 Å². The molecule has 5 atom stereocenters. The molecule has 105 heavy (non-hydrogen) atoms. The summed E-state index contributed by atoms with van der Waals surface area (Å²) in [6.45, 7) is -7.01. The van der Waals surface area contributed by atoms with Crippen molar-refractivity contribution >= 4 is 79.7 Å². The molecule has 0 radical (unpaired) electrons. The number of amides is 5. The molecule has 0 aliphatic rings. The van der Waals surface area contributed by atoms with Crippen LogP contribution in [0.2, 0.25) is 0 Å². The number of hydrogen-bond acceptors (Lipinski definition) is 21. The molecule has 0 bridgehead atoms. The highest BCUT2D eigenvalue weighted by molar-refractivity contribution is 7.90. The van der Waals surface area contributed by atoms with Crippen LogP contribution in [0.4, 0.5) is 0 Å². The van der Waals surface area contributed by atoms with E-state index in [0.717, 1.165) is 21.5 Å². The molecule has 0 aliphatic heterocycles. The van der Waals surface area contributed by atoms with Crippen LogP contribution in [0.3, 0.4) is 0 Å². The highest BCUT2D eigenvalue weighted by Crippen LogP contribution is 2.19. The van der Waals surface area contributed by atoms with Crippen molar-refractivity contribution in [3.8, 4) is 0 Å². The second kappa shape index (κ2) is 44.8. The molecule has 0 unspecified atom stereocenters. The molecule has 5 aromatic carbocycles. The quantitative estimate of drug-likeness (QED) is 0.0191. The molecule has 5 rings (SSSR count). The molecule has 582 valence electrons. The van der Waals surface area contributed by atoms with Crippen molar-refractivity contribution in [3.05, 3.63) is 179 Å². The molecule has 36 heteroatoms. The number of benzene rings is 5. The van der Waals surface area contributed by atoms with Gasteiger partial charge in [-0.05, 0) is 85.9 Å². The number of primary amides is 1. The molecule has 5 aromatic rings. The summed E-state index contributed by atoms with van der Waals surface area (Å²) in [5.74, 6) is -7.61. The predicted octanol–water partition coefficient (Wildman–Crippen LogP) is -1.84. The van der Waals surface area contributed by atoms with Crippen molar-refractivity contribution in [3.63, 3.8) is 0 Å². The Balaban J connectivity index is 1.53. The van der Waals surface area contributed by atoms with Gasteiger partial charge in [0.2, 0.25) is 79.7 Å². The van der Waals surface area contributed by atoms with Gasteiger partial charge in [-0.2, -0.15) is 21.5 Å². The molecular weight excluding hydrogens is 1450 g/mol. The van der Waals surface area contributed by atoms with Gasteiger partial charge >= 0.3 is 0 Å². The molecule has 18 N–H and O–H groups in total. The van der Waals surface area contributed by atoms with E-state index in [9.17, 15) is 66.1 Å². The number of hydrogen-bond donors (Lipinski definition) is 11. The topological polar surface area (TPSA) is 503 Å². The summed E-state index contributed by atoms with van der Waals surface area (Å²) in [5, 5.41) is 11.2. The first kappa shape index (κ1) is 88.4. The smallest absolute Gasteiger partial charge is 0.235 e. The SMILES string of the molecule is NCCCC[C@H](N)CN(CC(=O)N[C@@H](Cc1ccccc1)CN(CC(=O)N[C@@H](Cc1ccccc1)CN(CC(=O)N[C@@H](Cc1ccccc1)CN(CC(=O)N[C@@H](CCCCN)CN(CC(N)=O)S(=O)(=O)CCN)S(=O)(=O)Cc1ccccc1)S(=O)(=O)CCN)S(=O)(=O)Cc1ccccc1)S(=O)(=O)CCN. The number of carbonyl (C=O) groups is 5. The van der Waals surface area contributed by atoms with E-state index in [2.05, 4.69) is 21.3 Å². The first-order valence-corrected chi connectivity index (χ1v) is 42.7. The normalized spacial score (nSPS) is 13.9. The Morgan fingerprint density at radius 2 is 0.571 bits per heavy atom. The first-order chi connectivity index (χ1) is 49.9. The van der Waals surface area contributed by atoms with Crippen LogP contribution in [0.1, 0.15) is 66.3 Å². The molecule has 0 heterocycles. The van der Waals surface area contributed by atoms with Crippen LogP contribution in [0, 0.1) is 0 Å². The maximum absolute atomic E-state index is 15.0. The maximum Gasteiger partial charge on any atom is 0.235 e. The van der Waals surface area contributed by atoms with Crippen molar-refractivity contribution in [1.82, 2.24) is 42.8 Å². The molecule has 5 amide bonds. The maximum atomic E-state index is 15.0. The molecule has 0 fully saturated rings. The van der Waals surface area contributed by atoms with Crippen molar-refractivity contribution < 1.29 is 66.1 Å².